The lowest BCUT2D eigenvalue weighted by atomic mass is 9.98. The van der Waals surface area contributed by atoms with Crippen LogP contribution in [0.4, 0.5) is 4.79 Å². The van der Waals surface area contributed by atoms with Crippen LogP contribution < -0.4 is 10.3 Å². The topological polar surface area (TPSA) is 73.7 Å². The van der Waals surface area contributed by atoms with Crippen molar-refractivity contribution in [1.82, 2.24) is 14.7 Å². The summed E-state index contributed by atoms with van der Waals surface area (Å²) in [5, 5.41) is 4.25. The number of hydrogen-bond acceptors (Lipinski definition) is 5. The van der Waals surface area contributed by atoms with E-state index in [4.69, 9.17) is 9.47 Å². The van der Waals surface area contributed by atoms with Crippen LogP contribution in [0.1, 0.15) is 19.8 Å². The van der Waals surface area contributed by atoms with Crippen molar-refractivity contribution in [1.29, 1.82) is 0 Å². The maximum absolute atomic E-state index is 11.7. The predicted molar refractivity (Wildman–Crippen MR) is 102 cm³/mol. The van der Waals surface area contributed by atoms with Gasteiger partial charge >= 0.3 is 6.09 Å². The number of ether oxygens (including phenoxy) is 2. The summed E-state index contributed by atoms with van der Waals surface area (Å²) in [6.45, 7) is 4.29. The summed E-state index contributed by atoms with van der Waals surface area (Å²) in [6, 6.07) is 10.9. The van der Waals surface area contributed by atoms with E-state index in [1.165, 1.54) is 10.7 Å². The highest BCUT2D eigenvalue weighted by Gasteiger charge is 2.23. The Hall–Kier alpha value is -2.83. The van der Waals surface area contributed by atoms with Crippen molar-refractivity contribution in [3.63, 3.8) is 0 Å². The van der Waals surface area contributed by atoms with E-state index in [2.05, 4.69) is 5.10 Å². The lowest BCUT2D eigenvalue weighted by molar-refractivity contribution is 0.0845. The van der Waals surface area contributed by atoms with Gasteiger partial charge in [0.15, 0.2) is 0 Å². The zero-order chi connectivity index (χ0) is 19.2. The smallest absolute Gasteiger partial charge is 0.409 e. The molecule has 1 aromatic carbocycles. The largest absolute Gasteiger partial charge is 0.493 e. The zero-order valence-corrected chi connectivity index (χ0v) is 15.8. The molecule has 0 bridgehead atoms. The first-order valence-electron chi connectivity index (χ1n) is 9.26. The van der Waals surface area contributed by atoms with Crippen LogP contribution in [0, 0.1) is 5.92 Å². The zero-order valence-electron chi connectivity index (χ0n) is 15.8. The molecule has 2 aromatic rings. The molecule has 7 nitrogen and oxygen atoms in total. The molecule has 0 aliphatic carbocycles. The number of carbonyl (C=O) groups excluding carboxylic acids is 1. The van der Waals surface area contributed by atoms with Crippen molar-refractivity contribution in [3.05, 3.63) is 46.8 Å². The number of carbonyl (C=O) groups is 1. The first kappa shape index (κ1) is 18.9. The van der Waals surface area contributed by atoms with E-state index in [0.717, 1.165) is 29.8 Å². The standard InChI is InChI=1S/C20H25N3O4/c1-3-26-20(25)23-12-10-15(11-13-23)14-27-17-6-4-16(5-7-17)18-8-9-19(24)22(2)21-18/h4-9,15H,3,10-14H2,1-2H3. The minimum atomic E-state index is -0.223. The van der Waals surface area contributed by atoms with Gasteiger partial charge in [-0.15, -0.1) is 0 Å². The molecule has 0 saturated carbocycles. The number of aryl methyl sites for hydroxylation is 1. The Labute approximate surface area is 158 Å². The molecule has 27 heavy (non-hydrogen) atoms. The normalized spacial score (nSPS) is 14.8. The average molecular weight is 371 g/mol. The second kappa shape index (κ2) is 8.70. The molecule has 144 valence electrons. The van der Waals surface area contributed by atoms with E-state index in [1.807, 2.05) is 31.2 Å². The average Bonchev–Trinajstić information content (AvgIpc) is 2.69. The Balaban J connectivity index is 1.50. The summed E-state index contributed by atoms with van der Waals surface area (Å²) in [5.74, 6) is 1.23. The minimum Gasteiger partial charge on any atom is -0.493 e. The molecule has 0 spiro atoms. The summed E-state index contributed by atoms with van der Waals surface area (Å²) in [6.07, 6.45) is 1.61. The number of benzene rings is 1. The number of rotatable bonds is 5. The molecule has 0 radical (unpaired) electrons. The number of likely N-dealkylation sites (tertiary alicyclic amines) is 1. The summed E-state index contributed by atoms with van der Waals surface area (Å²) < 4.78 is 12.3. The molecule has 0 unspecified atom stereocenters. The summed E-state index contributed by atoms with van der Waals surface area (Å²) in [5.41, 5.74) is 1.54. The number of piperidine rings is 1. The van der Waals surface area contributed by atoms with Gasteiger partial charge < -0.3 is 14.4 Å². The molecular weight excluding hydrogens is 346 g/mol. The Morgan fingerprint density at radius 1 is 1.15 bits per heavy atom. The fraction of sp³-hybridized carbons (Fsp3) is 0.450. The second-order valence-electron chi connectivity index (χ2n) is 6.65. The van der Waals surface area contributed by atoms with Crippen LogP contribution in [0.15, 0.2) is 41.2 Å². The molecule has 0 atom stereocenters. The van der Waals surface area contributed by atoms with E-state index in [9.17, 15) is 9.59 Å². The van der Waals surface area contributed by atoms with Gasteiger partial charge in [-0.25, -0.2) is 9.48 Å². The lowest BCUT2D eigenvalue weighted by Crippen LogP contribution is -2.40. The van der Waals surface area contributed by atoms with E-state index < -0.39 is 0 Å². The van der Waals surface area contributed by atoms with Crippen molar-refractivity contribution < 1.29 is 14.3 Å². The Kier molecular flexibility index (Phi) is 6.11. The Morgan fingerprint density at radius 3 is 2.48 bits per heavy atom. The third-order valence-electron chi connectivity index (χ3n) is 4.74. The van der Waals surface area contributed by atoms with Crippen molar-refractivity contribution >= 4 is 6.09 Å². The van der Waals surface area contributed by atoms with Crippen molar-refractivity contribution in [2.24, 2.45) is 13.0 Å². The van der Waals surface area contributed by atoms with Crippen molar-refractivity contribution in [2.75, 3.05) is 26.3 Å². The first-order valence-corrected chi connectivity index (χ1v) is 9.26. The molecule has 1 fully saturated rings. The maximum atomic E-state index is 11.7. The van der Waals surface area contributed by atoms with E-state index in [-0.39, 0.29) is 11.7 Å². The van der Waals surface area contributed by atoms with Crippen molar-refractivity contribution in [3.8, 4) is 17.0 Å². The Bertz CT molecular complexity index is 824. The maximum Gasteiger partial charge on any atom is 0.409 e. The molecule has 1 amide bonds. The SMILES string of the molecule is CCOC(=O)N1CCC(COc2ccc(-c3ccc(=O)n(C)n3)cc2)CC1. The van der Waals surface area contributed by atoms with Gasteiger partial charge in [0, 0.05) is 31.8 Å². The Morgan fingerprint density at radius 2 is 1.85 bits per heavy atom. The number of amides is 1. The summed E-state index contributed by atoms with van der Waals surface area (Å²) in [4.78, 5) is 24.9. The van der Waals surface area contributed by atoms with Crippen LogP contribution in [0.25, 0.3) is 11.3 Å². The summed E-state index contributed by atoms with van der Waals surface area (Å²) >= 11 is 0. The highest BCUT2D eigenvalue weighted by atomic mass is 16.6. The molecule has 1 saturated heterocycles. The first-order chi connectivity index (χ1) is 13.1. The van der Waals surface area contributed by atoms with Gasteiger partial charge in [-0.05, 0) is 56.0 Å². The van der Waals surface area contributed by atoms with Crippen LogP contribution in [-0.2, 0) is 11.8 Å². The molecule has 7 heteroatoms. The second-order valence-corrected chi connectivity index (χ2v) is 6.65. The van der Waals surface area contributed by atoms with Crippen LogP contribution in [0.3, 0.4) is 0 Å². The molecule has 3 rings (SSSR count). The van der Waals surface area contributed by atoms with Gasteiger partial charge in [0.25, 0.3) is 5.56 Å². The third-order valence-corrected chi connectivity index (χ3v) is 4.74. The van der Waals surface area contributed by atoms with Gasteiger partial charge in [0.05, 0.1) is 18.9 Å². The third kappa shape index (κ3) is 4.87. The van der Waals surface area contributed by atoms with E-state index in [0.29, 0.717) is 32.2 Å². The molecular formula is C20H25N3O4. The van der Waals surface area contributed by atoms with E-state index >= 15 is 0 Å². The molecule has 1 aliphatic heterocycles. The van der Waals surface area contributed by atoms with Gasteiger partial charge in [0.2, 0.25) is 0 Å². The predicted octanol–water partition coefficient (Wildman–Crippen LogP) is 2.69. The van der Waals surface area contributed by atoms with Gasteiger partial charge in [-0.2, -0.15) is 5.10 Å². The molecule has 0 N–H and O–H groups in total. The quantitative estimate of drug-likeness (QED) is 0.808. The van der Waals surface area contributed by atoms with Gasteiger partial charge in [0.1, 0.15) is 5.75 Å². The number of hydrogen-bond donors (Lipinski definition) is 0. The highest BCUT2D eigenvalue weighted by molar-refractivity contribution is 5.67. The highest BCUT2D eigenvalue weighted by Crippen LogP contribution is 2.22. The van der Waals surface area contributed by atoms with Crippen LogP contribution in [0.5, 0.6) is 5.75 Å². The monoisotopic (exact) mass is 371 g/mol. The van der Waals surface area contributed by atoms with Crippen molar-refractivity contribution in [2.45, 2.75) is 19.8 Å². The van der Waals surface area contributed by atoms with E-state index in [1.54, 1.807) is 18.0 Å². The number of nitrogens with zero attached hydrogens (tertiary/aromatic N) is 3. The van der Waals surface area contributed by atoms with Crippen LogP contribution in [0.2, 0.25) is 0 Å². The van der Waals surface area contributed by atoms with Crippen LogP contribution in [-0.4, -0.2) is 47.1 Å². The minimum absolute atomic E-state index is 0.132. The van der Waals surface area contributed by atoms with Gasteiger partial charge in [-0.1, -0.05) is 0 Å². The fourth-order valence-electron chi connectivity index (χ4n) is 3.09. The molecule has 2 heterocycles. The number of aromatic nitrogens is 2. The molecule has 1 aliphatic rings. The lowest BCUT2D eigenvalue weighted by Gasteiger charge is -2.31. The molecule has 1 aromatic heterocycles. The van der Waals surface area contributed by atoms with Crippen LogP contribution >= 0.6 is 0 Å². The summed E-state index contributed by atoms with van der Waals surface area (Å²) in [7, 11) is 1.64. The van der Waals surface area contributed by atoms with Gasteiger partial charge in [-0.3, -0.25) is 4.79 Å². The fourth-order valence-corrected chi connectivity index (χ4v) is 3.09.